The number of ether oxygens (including phenoxy) is 1. The first-order valence-corrected chi connectivity index (χ1v) is 10.6. The van der Waals surface area contributed by atoms with Crippen LogP contribution in [0.25, 0.3) is 0 Å². The third-order valence-electron chi connectivity index (χ3n) is 5.12. The molecule has 8 nitrogen and oxygen atoms in total. The first-order valence-electron chi connectivity index (χ1n) is 10.6. The zero-order valence-corrected chi connectivity index (χ0v) is 18.0. The zero-order chi connectivity index (χ0) is 22.2. The monoisotopic (exact) mass is 426 g/mol. The summed E-state index contributed by atoms with van der Waals surface area (Å²) in [5.41, 5.74) is 1.52. The fraction of sp³-hybridized carbons (Fsp3) is 0.435. The van der Waals surface area contributed by atoms with E-state index in [0.717, 1.165) is 25.2 Å². The molecule has 1 atom stereocenters. The Kier molecular flexibility index (Phi) is 7.97. The summed E-state index contributed by atoms with van der Waals surface area (Å²) in [7, 11) is 0. The maximum absolute atomic E-state index is 12.6. The number of rotatable bonds is 9. The molecule has 0 aliphatic carbocycles. The number of nitrogens with one attached hydrogen (secondary N) is 2. The maximum atomic E-state index is 12.6. The molecule has 1 heterocycles. The van der Waals surface area contributed by atoms with Gasteiger partial charge in [0.15, 0.2) is 0 Å². The topological polar surface area (TPSA) is 96.7 Å². The smallest absolute Gasteiger partial charge is 0.293 e. The summed E-state index contributed by atoms with van der Waals surface area (Å²) in [6.07, 6.45) is -0.0850. The number of carbonyl (C=O) groups is 1. The predicted molar refractivity (Wildman–Crippen MR) is 120 cm³/mol. The molecule has 1 aliphatic rings. The predicted octanol–water partition coefficient (Wildman–Crippen LogP) is 3.29. The lowest BCUT2D eigenvalue weighted by Gasteiger charge is -2.33. The van der Waals surface area contributed by atoms with Gasteiger partial charge in [0.05, 0.1) is 17.6 Å². The van der Waals surface area contributed by atoms with Crippen molar-refractivity contribution in [3.63, 3.8) is 0 Å². The molecule has 0 radical (unpaired) electrons. The van der Waals surface area contributed by atoms with Crippen LogP contribution in [-0.4, -0.2) is 54.6 Å². The number of nitro benzene ring substituents is 1. The Bertz CT molecular complexity index is 888. The second kappa shape index (κ2) is 10.9. The van der Waals surface area contributed by atoms with Gasteiger partial charge in [-0.05, 0) is 23.6 Å². The summed E-state index contributed by atoms with van der Waals surface area (Å²) >= 11 is 0. The first kappa shape index (κ1) is 22.7. The highest BCUT2D eigenvalue weighted by Crippen LogP contribution is 2.26. The summed E-state index contributed by atoms with van der Waals surface area (Å²) in [4.78, 5) is 26.0. The quantitative estimate of drug-likeness (QED) is 0.472. The maximum Gasteiger partial charge on any atom is 0.293 e. The molecule has 1 saturated heterocycles. The van der Waals surface area contributed by atoms with Crippen LogP contribution < -0.4 is 10.6 Å². The van der Waals surface area contributed by atoms with Crippen molar-refractivity contribution < 1.29 is 14.5 Å². The van der Waals surface area contributed by atoms with Gasteiger partial charge in [-0.3, -0.25) is 19.8 Å². The van der Waals surface area contributed by atoms with Crippen LogP contribution in [0.15, 0.2) is 48.5 Å². The number of nitrogens with zero attached hydrogens (tertiary/aromatic N) is 2. The standard InChI is InChI=1S/C23H30N4O4/c1-17(2)15-26-10-11-31-20(16-26)14-25-23(28)19-8-9-21(22(12-19)27(29)30)24-13-18-6-4-3-5-7-18/h3-9,12,17,20,24H,10-11,13-16H2,1-2H3,(H,25,28). The third kappa shape index (κ3) is 6.77. The van der Waals surface area contributed by atoms with E-state index in [4.69, 9.17) is 4.74 Å². The number of nitro groups is 1. The fourth-order valence-corrected chi connectivity index (χ4v) is 3.66. The molecule has 2 N–H and O–H groups in total. The van der Waals surface area contributed by atoms with Crippen LogP contribution in [0.4, 0.5) is 11.4 Å². The van der Waals surface area contributed by atoms with E-state index in [1.54, 1.807) is 12.1 Å². The van der Waals surface area contributed by atoms with Crippen LogP contribution in [0.3, 0.4) is 0 Å². The van der Waals surface area contributed by atoms with Gasteiger partial charge in [-0.15, -0.1) is 0 Å². The molecular weight excluding hydrogens is 396 g/mol. The Hall–Kier alpha value is -2.97. The Morgan fingerprint density at radius 3 is 2.74 bits per heavy atom. The first-order chi connectivity index (χ1) is 14.9. The van der Waals surface area contributed by atoms with Gasteiger partial charge in [-0.25, -0.2) is 0 Å². The molecule has 3 rings (SSSR count). The molecule has 1 amide bonds. The van der Waals surface area contributed by atoms with Gasteiger partial charge in [0.1, 0.15) is 5.69 Å². The molecule has 1 aliphatic heterocycles. The van der Waals surface area contributed by atoms with Crippen molar-refractivity contribution >= 4 is 17.3 Å². The Morgan fingerprint density at radius 1 is 1.26 bits per heavy atom. The van der Waals surface area contributed by atoms with Crippen molar-refractivity contribution in [2.45, 2.75) is 26.5 Å². The van der Waals surface area contributed by atoms with Crippen LogP contribution in [0.1, 0.15) is 29.8 Å². The number of amides is 1. The van der Waals surface area contributed by atoms with Crippen molar-refractivity contribution in [3.8, 4) is 0 Å². The van der Waals surface area contributed by atoms with E-state index in [1.807, 2.05) is 30.3 Å². The highest BCUT2D eigenvalue weighted by atomic mass is 16.6. The molecule has 0 bridgehead atoms. The SMILES string of the molecule is CC(C)CN1CCOC(CNC(=O)c2ccc(NCc3ccccc3)c([N+](=O)[O-])c2)C1. The zero-order valence-electron chi connectivity index (χ0n) is 18.0. The molecule has 1 unspecified atom stereocenters. The number of anilines is 1. The van der Waals surface area contributed by atoms with E-state index in [-0.39, 0.29) is 23.3 Å². The molecular formula is C23H30N4O4. The van der Waals surface area contributed by atoms with Crippen molar-refractivity contribution in [2.24, 2.45) is 5.92 Å². The third-order valence-corrected chi connectivity index (χ3v) is 5.12. The molecule has 0 aromatic heterocycles. The number of hydrogen-bond donors (Lipinski definition) is 2. The largest absolute Gasteiger partial charge is 0.375 e. The average Bonchev–Trinajstić information content (AvgIpc) is 2.76. The molecule has 2 aromatic rings. The normalized spacial score (nSPS) is 16.8. The lowest BCUT2D eigenvalue weighted by Crippen LogP contribution is -2.48. The Morgan fingerprint density at radius 2 is 2.03 bits per heavy atom. The van der Waals surface area contributed by atoms with Crippen molar-refractivity contribution in [1.82, 2.24) is 10.2 Å². The van der Waals surface area contributed by atoms with Crippen molar-refractivity contribution in [3.05, 3.63) is 69.8 Å². The van der Waals surface area contributed by atoms with Crippen LogP contribution in [-0.2, 0) is 11.3 Å². The molecule has 0 spiro atoms. The molecule has 31 heavy (non-hydrogen) atoms. The van der Waals surface area contributed by atoms with Crippen LogP contribution >= 0.6 is 0 Å². The minimum atomic E-state index is -0.474. The van der Waals surface area contributed by atoms with E-state index in [0.29, 0.717) is 31.3 Å². The molecule has 0 saturated carbocycles. The van der Waals surface area contributed by atoms with Crippen LogP contribution in [0, 0.1) is 16.0 Å². The van der Waals surface area contributed by atoms with Crippen molar-refractivity contribution in [2.75, 3.05) is 38.1 Å². The van der Waals surface area contributed by atoms with Crippen LogP contribution in [0.2, 0.25) is 0 Å². The van der Waals surface area contributed by atoms with Gasteiger partial charge in [0, 0.05) is 44.4 Å². The van der Waals surface area contributed by atoms with E-state index in [2.05, 4.69) is 29.4 Å². The fourth-order valence-electron chi connectivity index (χ4n) is 3.66. The summed E-state index contributed by atoms with van der Waals surface area (Å²) in [6, 6.07) is 14.1. The Labute approximate surface area is 182 Å². The number of hydrogen-bond acceptors (Lipinski definition) is 6. The number of carbonyl (C=O) groups excluding carboxylic acids is 1. The molecule has 2 aromatic carbocycles. The lowest BCUT2D eigenvalue weighted by atomic mass is 10.1. The summed E-state index contributed by atoms with van der Waals surface area (Å²) in [6.45, 7) is 8.48. The molecule has 8 heteroatoms. The van der Waals surface area contributed by atoms with E-state index < -0.39 is 4.92 Å². The van der Waals surface area contributed by atoms with Gasteiger partial charge >= 0.3 is 0 Å². The lowest BCUT2D eigenvalue weighted by molar-refractivity contribution is -0.384. The van der Waals surface area contributed by atoms with Gasteiger partial charge < -0.3 is 15.4 Å². The minimum Gasteiger partial charge on any atom is -0.375 e. The average molecular weight is 427 g/mol. The second-order valence-corrected chi connectivity index (χ2v) is 8.18. The minimum absolute atomic E-state index is 0.0850. The van der Waals surface area contributed by atoms with Gasteiger partial charge in [-0.2, -0.15) is 0 Å². The molecule has 1 fully saturated rings. The summed E-state index contributed by atoms with van der Waals surface area (Å²) < 4.78 is 5.76. The second-order valence-electron chi connectivity index (χ2n) is 8.18. The summed E-state index contributed by atoms with van der Waals surface area (Å²) in [5, 5.41) is 17.5. The number of benzene rings is 2. The molecule has 166 valence electrons. The van der Waals surface area contributed by atoms with Gasteiger partial charge in [-0.1, -0.05) is 44.2 Å². The Balaban J connectivity index is 1.59. The summed E-state index contributed by atoms with van der Waals surface area (Å²) in [5.74, 6) is 0.227. The van der Waals surface area contributed by atoms with Crippen LogP contribution in [0.5, 0.6) is 0 Å². The van der Waals surface area contributed by atoms with Gasteiger partial charge in [0.25, 0.3) is 11.6 Å². The van der Waals surface area contributed by atoms with E-state index in [1.165, 1.54) is 6.07 Å². The van der Waals surface area contributed by atoms with E-state index >= 15 is 0 Å². The van der Waals surface area contributed by atoms with Crippen molar-refractivity contribution in [1.29, 1.82) is 0 Å². The highest BCUT2D eigenvalue weighted by Gasteiger charge is 2.22. The van der Waals surface area contributed by atoms with E-state index in [9.17, 15) is 14.9 Å². The highest BCUT2D eigenvalue weighted by molar-refractivity contribution is 5.95. The van der Waals surface area contributed by atoms with Gasteiger partial charge in [0.2, 0.25) is 0 Å². The number of morpholine rings is 1.